The van der Waals surface area contributed by atoms with Crippen LogP contribution in [0.25, 0.3) is 11.0 Å². The van der Waals surface area contributed by atoms with Crippen molar-refractivity contribution in [2.45, 2.75) is 13.0 Å². The molecule has 1 aromatic carbocycles. The summed E-state index contributed by atoms with van der Waals surface area (Å²) in [4.78, 5) is 4.62. The number of aromatic nitrogens is 2. The number of imidazole rings is 1. The summed E-state index contributed by atoms with van der Waals surface area (Å²) in [5.41, 5.74) is 2.22. The van der Waals surface area contributed by atoms with Gasteiger partial charge in [-0.05, 0) is 24.3 Å². The fourth-order valence-electron chi connectivity index (χ4n) is 2.22. The van der Waals surface area contributed by atoms with Gasteiger partial charge in [0.25, 0.3) is 0 Å². The molecule has 0 atom stereocenters. The second-order valence-corrected chi connectivity index (χ2v) is 4.58. The van der Waals surface area contributed by atoms with Crippen LogP contribution in [0.5, 0.6) is 0 Å². The summed E-state index contributed by atoms with van der Waals surface area (Å²) >= 11 is 0. The van der Waals surface area contributed by atoms with Crippen LogP contribution >= 0.6 is 0 Å². The van der Waals surface area contributed by atoms with Gasteiger partial charge < -0.3 is 14.3 Å². The number of aryl methyl sites for hydroxylation is 1. The van der Waals surface area contributed by atoms with Gasteiger partial charge in [0.2, 0.25) is 0 Å². The molecule has 2 heterocycles. The van der Waals surface area contributed by atoms with E-state index in [-0.39, 0.29) is 0 Å². The first-order valence-corrected chi connectivity index (χ1v) is 6.48. The van der Waals surface area contributed by atoms with Gasteiger partial charge in [-0.2, -0.15) is 0 Å². The first-order valence-electron chi connectivity index (χ1n) is 6.48. The highest BCUT2D eigenvalue weighted by atomic mass is 16.3. The number of rotatable bonds is 5. The van der Waals surface area contributed by atoms with E-state index in [4.69, 9.17) is 4.42 Å². The molecule has 1 N–H and O–H groups in total. The van der Waals surface area contributed by atoms with E-state index < -0.39 is 0 Å². The predicted octanol–water partition coefficient (Wildman–Crippen LogP) is 2.50. The second kappa shape index (κ2) is 5.28. The third-order valence-corrected chi connectivity index (χ3v) is 3.29. The predicted molar refractivity (Wildman–Crippen MR) is 74.8 cm³/mol. The maximum absolute atomic E-state index is 5.30. The third-order valence-electron chi connectivity index (χ3n) is 3.29. The zero-order valence-corrected chi connectivity index (χ0v) is 11.0. The van der Waals surface area contributed by atoms with E-state index in [1.807, 2.05) is 30.3 Å². The molecule has 0 saturated carbocycles. The van der Waals surface area contributed by atoms with E-state index in [9.17, 15) is 0 Å². The van der Waals surface area contributed by atoms with Crippen LogP contribution in [0.4, 0.5) is 0 Å². The number of nitrogens with zero attached hydrogens (tertiary/aromatic N) is 2. The summed E-state index contributed by atoms with van der Waals surface area (Å²) in [5, 5.41) is 3.40. The van der Waals surface area contributed by atoms with Crippen molar-refractivity contribution in [2.75, 3.05) is 6.54 Å². The van der Waals surface area contributed by atoms with E-state index >= 15 is 0 Å². The van der Waals surface area contributed by atoms with Gasteiger partial charge in [0.1, 0.15) is 11.6 Å². The lowest BCUT2D eigenvalue weighted by Crippen LogP contribution is -2.18. The number of furan rings is 1. The smallest absolute Gasteiger partial charge is 0.123 e. The van der Waals surface area contributed by atoms with Crippen LogP contribution in [-0.4, -0.2) is 16.1 Å². The van der Waals surface area contributed by atoms with Crippen molar-refractivity contribution in [1.82, 2.24) is 14.9 Å². The summed E-state index contributed by atoms with van der Waals surface area (Å²) < 4.78 is 7.43. The van der Waals surface area contributed by atoms with E-state index in [1.54, 1.807) is 6.26 Å². The van der Waals surface area contributed by atoms with Gasteiger partial charge in [0.05, 0.1) is 23.8 Å². The zero-order valence-electron chi connectivity index (χ0n) is 11.0. The van der Waals surface area contributed by atoms with Gasteiger partial charge >= 0.3 is 0 Å². The largest absolute Gasteiger partial charge is 0.469 e. The van der Waals surface area contributed by atoms with Crippen molar-refractivity contribution in [1.29, 1.82) is 0 Å². The minimum absolute atomic E-state index is 0.770. The standard InChI is InChI=1S/C15H17N3O/c1-18-14-7-3-2-6-13(14)17-15(18)11-16-9-8-12-5-4-10-19-12/h2-7,10,16H,8-9,11H2,1H3. The fraction of sp³-hybridized carbons (Fsp3) is 0.267. The normalized spacial score (nSPS) is 11.2. The first-order chi connectivity index (χ1) is 9.34. The average Bonchev–Trinajstić information content (AvgIpc) is 3.04. The Labute approximate surface area is 112 Å². The Morgan fingerprint density at radius 2 is 2.11 bits per heavy atom. The van der Waals surface area contributed by atoms with Gasteiger partial charge in [-0.25, -0.2) is 4.98 Å². The maximum Gasteiger partial charge on any atom is 0.123 e. The van der Waals surface area contributed by atoms with Gasteiger partial charge in [-0.15, -0.1) is 0 Å². The molecule has 3 rings (SSSR count). The van der Waals surface area contributed by atoms with Crippen molar-refractivity contribution in [3.05, 3.63) is 54.2 Å². The Morgan fingerprint density at radius 3 is 2.89 bits per heavy atom. The summed E-state index contributed by atoms with van der Waals surface area (Å²) in [5.74, 6) is 2.07. The summed E-state index contributed by atoms with van der Waals surface area (Å²) in [7, 11) is 2.05. The molecule has 98 valence electrons. The minimum atomic E-state index is 0.770. The summed E-state index contributed by atoms with van der Waals surface area (Å²) in [6.45, 7) is 1.66. The molecule has 0 bridgehead atoms. The molecule has 3 aromatic rings. The number of benzene rings is 1. The Kier molecular flexibility index (Phi) is 3.33. The molecule has 0 spiro atoms. The lowest BCUT2D eigenvalue weighted by atomic mass is 10.3. The Bertz CT molecular complexity index is 655. The molecule has 19 heavy (non-hydrogen) atoms. The van der Waals surface area contributed by atoms with Crippen molar-refractivity contribution < 1.29 is 4.42 Å². The molecule has 0 unspecified atom stereocenters. The molecular formula is C15H17N3O. The molecule has 0 saturated heterocycles. The maximum atomic E-state index is 5.30. The van der Waals surface area contributed by atoms with E-state index in [0.717, 1.165) is 36.6 Å². The number of para-hydroxylation sites is 2. The molecule has 2 aromatic heterocycles. The Hall–Kier alpha value is -2.07. The molecule has 0 fully saturated rings. The Morgan fingerprint density at radius 1 is 1.21 bits per heavy atom. The topological polar surface area (TPSA) is 43.0 Å². The molecule has 4 heteroatoms. The highest BCUT2D eigenvalue weighted by Gasteiger charge is 2.06. The van der Waals surface area contributed by atoms with Gasteiger partial charge in [-0.1, -0.05) is 12.1 Å². The van der Waals surface area contributed by atoms with E-state index in [0.29, 0.717) is 0 Å². The van der Waals surface area contributed by atoms with E-state index in [2.05, 4.69) is 28.0 Å². The van der Waals surface area contributed by atoms with Crippen molar-refractivity contribution >= 4 is 11.0 Å². The quantitative estimate of drug-likeness (QED) is 0.712. The number of nitrogens with one attached hydrogen (secondary N) is 1. The lowest BCUT2D eigenvalue weighted by Gasteiger charge is -2.04. The van der Waals surface area contributed by atoms with Crippen LogP contribution in [0.1, 0.15) is 11.6 Å². The van der Waals surface area contributed by atoms with Crippen molar-refractivity contribution in [2.24, 2.45) is 7.05 Å². The van der Waals surface area contributed by atoms with E-state index in [1.165, 1.54) is 5.52 Å². The van der Waals surface area contributed by atoms with Crippen molar-refractivity contribution in [3.8, 4) is 0 Å². The second-order valence-electron chi connectivity index (χ2n) is 4.58. The highest BCUT2D eigenvalue weighted by Crippen LogP contribution is 2.13. The summed E-state index contributed by atoms with van der Waals surface area (Å²) in [6, 6.07) is 12.1. The van der Waals surface area contributed by atoms with Gasteiger partial charge in [0, 0.05) is 20.0 Å². The molecule has 0 aliphatic heterocycles. The number of hydrogen-bond acceptors (Lipinski definition) is 3. The lowest BCUT2D eigenvalue weighted by molar-refractivity contribution is 0.496. The molecule has 4 nitrogen and oxygen atoms in total. The van der Waals surface area contributed by atoms with Crippen LogP contribution in [-0.2, 0) is 20.0 Å². The molecular weight excluding hydrogens is 238 g/mol. The minimum Gasteiger partial charge on any atom is -0.469 e. The highest BCUT2D eigenvalue weighted by molar-refractivity contribution is 5.75. The van der Waals surface area contributed by atoms with Gasteiger partial charge in [0.15, 0.2) is 0 Å². The summed E-state index contributed by atoms with van der Waals surface area (Å²) in [6.07, 6.45) is 2.61. The SMILES string of the molecule is Cn1c(CNCCc2ccco2)nc2ccccc21. The number of fused-ring (bicyclic) bond motifs is 1. The monoisotopic (exact) mass is 255 g/mol. The molecule has 0 amide bonds. The number of hydrogen-bond donors (Lipinski definition) is 1. The molecule has 0 radical (unpaired) electrons. The molecule has 0 aliphatic rings. The van der Waals surface area contributed by atoms with Gasteiger partial charge in [-0.3, -0.25) is 0 Å². The zero-order chi connectivity index (χ0) is 13.1. The van der Waals surface area contributed by atoms with Crippen LogP contribution in [0, 0.1) is 0 Å². The van der Waals surface area contributed by atoms with Crippen LogP contribution < -0.4 is 5.32 Å². The third kappa shape index (κ3) is 2.53. The molecule has 0 aliphatic carbocycles. The fourth-order valence-corrected chi connectivity index (χ4v) is 2.22. The van der Waals surface area contributed by atoms with Crippen LogP contribution in [0.15, 0.2) is 47.1 Å². The first kappa shape index (κ1) is 12.0. The van der Waals surface area contributed by atoms with Crippen LogP contribution in [0.3, 0.4) is 0 Å². The Balaban J connectivity index is 1.61. The van der Waals surface area contributed by atoms with Crippen molar-refractivity contribution in [3.63, 3.8) is 0 Å². The average molecular weight is 255 g/mol. The van der Waals surface area contributed by atoms with Crippen LogP contribution in [0.2, 0.25) is 0 Å².